The van der Waals surface area contributed by atoms with E-state index < -0.39 is 35.2 Å². The van der Waals surface area contributed by atoms with Gasteiger partial charge in [-0.2, -0.15) is 13.2 Å². The SMILES string of the molecule is CC(=O)N(c1nc2ccc(Oc3ccc(N(C(N)=O)c4cc(C(F)(F)F)ccc4F)cc3)cc2[nH]1)n1nnc(N2CCCC2)n1. The first kappa shape index (κ1) is 29.3. The predicted molar refractivity (Wildman–Crippen MR) is 154 cm³/mol. The molecule has 3 aromatic carbocycles. The Morgan fingerprint density at radius 2 is 1.71 bits per heavy atom. The summed E-state index contributed by atoms with van der Waals surface area (Å²) in [6, 6.07) is 11.0. The average Bonchev–Trinajstić information content (AvgIpc) is 3.76. The van der Waals surface area contributed by atoms with Crippen LogP contribution in [0.2, 0.25) is 0 Å². The number of carbonyl (C=O) groups is 2. The maximum atomic E-state index is 14.5. The van der Waals surface area contributed by atoms with Gasteiger partial charge in [0.05, 0.1) is 28.0 Å². The number of rotatable bonds is 7. The van der Waals surface area contributed by atoms with E-state index in [1.807, 2.05) is 4.90 Å². The Kier molecular flexibility index (Phi) is 7.43. The lowest BCUT2D eigenvalue weighted by Crippen LogP contribution is -2.37. The van der Waals surface area contributed by atoms with E-state index in [1.165, 1.54) is 31.2 Å². The number of ether oxygens (including phenoxy) is 1. The molecule has 232 valence electrons. The number of benzene rings is 3. The number of nitrogens with zero attached hydrogens (tertiary/aromatic N) is 8. The summed E-state index contributed by atoms with van der Waals surface area (Å²) in [5.74, 6) is -0.257. The third-order valence-corrected chi connectivity index (χ3v) is 6.97. The Morgan fingerprint density at radius 3 is 2.38 bits per heavy atom. The maximum absolute atomic E-state index is 14.5. The Labute approximate surface area is 251 Å². The van der Waals surface area contributed by atoms with Crippen LogP contribution in [-0.2, 0) is 11.0 Å². The number of fused-ring (bicyclic) bond motifs is 1. The second-order valence-electron chi connectivity index (χ2n) is 10.1. The number of tetrazole rings is 1. The fraction of sp³-hybridized carbons (Fsp3) is 0.214. The van der Waals surface area contributed by atoms with Crippen LogP contribution in [0.5, 0.6) is 11.5 Å². The van der Waals surface area contributed by atoms with Gasteiger partial charge in [0, 0.05) is 26.1 Å². The van der Waals surface area contributed by atoms with E-state index in [2.05, 4.69) is 25.4 Å². The predicted octanol–water partition coefficient (Wildman–Crippen LogP) is 5.13. The van der Waals surface area contributed by atoms with Crippen LogP contribution in [0.1, 0.15) is 25.3 Å². The van der Waals surface area contributed by atoms with Gasteiger partial charge in [0.15, 0.2) is 0 Å². The molecule has 2 aromatic heterocycles. The summed E-state index contributed by atoms with van der Waals surface area (Å²) in [6.45, 7) is 2.95. The van der Waals surface area contributed by atoms with Crippen LogP contribution >= 0.6 is 0 Å². The fourth-order valence-electron chi connectivity index (χ4n) is 4.87. The Bertz CT molecular complexity index is 1880. The minimum atomic E-state index is -4.76. The Hall–Kier alpha value is -5.74. The molecule has 1 fully saturated rings. The number of hydrogen-bond donors (Lipinski definition) is 2. The van der Waals surface area contributed by atoms with Gasteiger partial charge >= 0.3 is 12.2 Å². The molecule has 0 saturated carbocycles. The van der Waals surface area contributed by atoms with E-state index in [0.29, 0.717) is 51.6 Å². The molecule has 6 rings (SSSR count). The van der Waals surface area contributed by atoms with Gasteiger partial charge in [-0.25, -0.2) is 14.2 Å². The number of anilines is 4. The molecule has 0 aliphatic carbocycles. The minimum absolute atomic E-state index is 0.0145. The lowest BCUT2D eigenvalue weighted by Gasteiger charge is -2.22. The number of aromatic amines is 1. The summed E-state index contributed by atoms with van der Waals surface area (Å²) in [5, 5.41) is 13.6. The Balaban J connectivity index is 1.22. The highest BCUT2D eigenvalue weighted by atomic mass is 19.4. The summed E-state index contributed by atoms with van der Waals surface area (Å²) >= 11 is 0. The number of alkyl halides is 3. The molecule has 3 heterocycles. The molecular weight excluding hydrogens is 600 g/mol. The third-order valence-electron chi connectivity index (χ3n) is 6.97. The number of nitrogens with two attached hydrogens (primary N) is 1. The van der Waals surface area contributed by atoms with Crippen LogP contribution in [-0.4, -0.2) is 55.3 Å². The van der Waals surface area contributed by atoms with Gasteiger partial charge in [-0.1, -0.05) is 15.1 Å². The summed E-state index contributed by atoms with van der Waals surface area (Å²) in [7, 11) is 0. The highest BCUT2D eigenvalue weighted by Gasteiger charge is 2.33. The number of primary amides is 1. The van der Waals surface area contributed by atoms with Crippen molar-refractivity contribution in [1.29, 1.82) is 0 Å². The first-order valence-corrected chi connectivity index (χ1v) is 13.6. The largest absolute Gasteiger partial charge is 0.457 e. The number of H-pyrrole nitrogens is 1. The molecule has 0 bridgehead atoms. The molecule has 0 unspecified atom stereocenters. The van der Waals surface area contributed by atoms with E-state index in [1.54, 1.807) is 18.2 Å². The van der Waals surface area contributed by atoms with Crippen LogP contribution in [0.3, 0.4) is 0 Å². The molecule has 1 saturated heterocycles. The lowest BCUT2D eigenvalue weighted by molar-refractivity contribution is -0.137. The van der Waals surface area contributed by atoms with Gasteiger partial charge in [-0.05, 0) is 72.7 Å². The lowest BCUT2D eigenvalue weighted by atomic mass is 10.1. The molecule has 0 atom stereocenters. The first-order valence-electron chi connectivity index (χ1n) is 13.6. The number of amides is 3. The number of nitrogens with one attached hydrogen (secondary N) is 1. The third kappa shape index (κ3) is 5.91. The molecule has 0 spiro atoms. The smallest absolute Gasteiger partial charge is 0.416 e. The molecule has 0 radical (unpaired) electrons. The molecule has 3 amide bonds. The molecule has 1 aliphatic heterocycles. The van der Waals surface area contributed by atoms with Crippen molar-refractivity contribution in [2.24, 2.45) is 5.73 Å². The van der Waals surface area contributed by atoms with Gasteiger partial charge in [0.1, 0.15) is 17.3 Å². The minimum Gasteiger partial charge on any atom is -0.457 e. The zero-order chi connectivity index (χ0) is 31.9. The van der Waals surface area contributed by atoms with Crippen LogP contribution in [0, 0.1) is 5.82 Å². The van der Waals surface area contributed by atoms with Crippen LogP contribution in [0.25, 0.3) is 11.0 Å². The summed E-state index contributed by atoms with van der Waals surface area (Å²) in [6.07, 6.45) is -2.71. The number of imidazole rings is 1. The van der Waals surface area contributed by atoms with Crippen molar-refractivity contribution in [1.82, 2.24) is 30.3 Å². The number of aromatic nitrogens is 6. The molecule has 5 aromatic rings. The highest BCUT2D eigenvalue weighted by Crippen LogP contribution is 2.36. The van der Waals surface area contributed by atoms with Gasteiger partial charge in [-0.15, -0.1) is 5.01 Å². The molecule has 1 aliphatic rings. The zero-order valence-corrected chi connectivity index (χ0v) is 23.5. The number of hydrogen-bond acceptors (Lipinski definition) is 8. The van der Waals surface area contributed by atoms with Crippen molar-refractivity contribution in [2.45, 2.75) is 25.9 Å². The van der Waals surface area contributed by atoms with E-state index in [0.717, 1.165) is 35.8 Å². The summed E-state index contributed by atoms with van der Waals surface area (Å²) in [5.41, 5.74) is 4.66. The van der Waals surface area contributed by atoms with Crippen molar-refractivity contribution in [3.8, 4) is 11.5 Å². The number of halogens is 4. The van der Waals surface area contributed by atoms with Crippen molar-refractivity contribution >= 4 is 46.2 Å². The zero-order valence-electron chi connectivity index (χ0n) is 23.5. The molecule has 3 N–H and O–H groups in total. The number of urea groups is 1. The van der Waals surface area contributed by atoms with E-state index in [-0.39, 0.29) is 11.6 Å². The second-order valence-corrected chi connectivity index (χ2v) is 10.1. The van der Waals surface area contributed by atoms with Crippen LogP contribution in [0.15, 0.2) is 60.7 Å². The quantitative estimate of drug-likeness (QED) is 0.237. The average molecular weight is 625 g/mol. The topological polar surface area (TPSA) is 151 Å². The van der Waals surface area contributed by atoms with Crippen LogP contribution < -0.4 is 25.3 Å². The molecule has 45 heavy (non-hydrogen) atoms. The fourth-order valence-corrected chi connectivity index (χ4v) is 4.87. The summed E-state index contributed by atoms with van der Waals surface area (Å²) < 4.78 is 60.1. The van der Waals surface area contributed by atoms with Crippen molar-refractivity contribution in [3.05, 3.63) is 72.0 Å². The normalized spacial score (nSPS) is 13.3. The molecule has 17 heteroatoms. The van der Waals surface area contributed by atoms with Gasteiger partial charge in [-0.3, -0.25) is 9.69 Å². The van der Waals surface area contributed by atoms with E-state index in [4.69, 9.17) is 10.5 Å². The Morgan fingerprint density at radius 1 is 1.00 bits per heavy atom. The molecule has 13 nitrogen and oxygen atoms in total. The maximum Gasteiger partial charge on any atom is 0.416 e. The first-order chi connectivity index (χ1) is 21.5. The second kappa shape index (κ2) is 11.4. The van der Waals surface area contributed by atoms with E-state index >= 15 is 0 Å². The number of carbonyl (C=O) groups excluding carboxylic acids is 2. The summed E-state index contributed by atoms with van der Waals surface area (Å²) in [4.78, 5) is 35.9. The van der Waals surface area contributed by atoms with E-state index in [9.17, 15) is 27.2 Å². The molecular formula is C28H24F4N10O3. The van der Waals surface area contributed by atoms with Crippen LogP contribution in [0.4, 0.5) is 45.6 Å². The highest BCUT2D eigenvalue weighted by molar-refractivity contribution is 5.98. The monoisotopic (exact) mass is 624 g/mol. The standard InChI is InChI=1S/C28H24F4N10O3/c1-16(43)41(42-37-27(36-38-42)39-12-2-3-13-39)26-34-22-11-9-20(15-23(22)35-26)45-19-7-5-18(6-8-19)40(25(33)44)24-14-17(28(30,31)32)4-10-21(24)29/h4-11,14-15H,2-3,12-13H2,1H3,(H2,33,44)(H,34,35). The van der Waals surface area contributed by atoms with Gasteiger partial charge in [0.2, 0.25) is 11.9 Å². The van der Waals surface area contributed by atoms with Crippen molar-refractivity contribution in [3.63, 3.8) is 0 Å². The van der Waals surface area contributed by atoms with Gasteiger partial charge < -0.3 is 20.4 Å². The van der Waals surface area contributed by atoms with Crippen molar-refractivity contribution in [2.75, 3.05) is 27.9 Å². The van der Waals surface area contributed by atoms with Gasteiger partial charge in [0.25, 0.3) is 5.95 Å². The van der Waals surface area contributed by atoms with Crippen molar-refractivity contribution < 1.29 is 31.9 Å².